The van der Waals surface area contributed by atoms with Crippen molar-refractivity contribution in [1.82, 2.24) is 4.90 Å². The Morgan fingerprint density at radius 2 is 2.04 bits per heavy atom. The van der Waals surface area contributed by atoms with Crippen molar-refractivity contribution in [3.63, 3.8) is 0 Å². The molecule has 1 aromatic rings. The number of thiophene rings is 1. The van der Waals surface area contributed by atoms with Crippen molar-refractivity contribution in [2.45, 2.75) is 57.6 Å². The number of fused-ring (bicyclic) bond motifs is 1. The van der Waals surface area contributed by atoms with E-state index in [-0.39, 0.29) is 10.6 Å². The van der Waals surface area contributed by atoms with Crippen LogP contribution in [-0.2, 0) is 0 Å². The lowest BCUT2D eigenvalue weighted by molar-refractivity contribution is -0.135. The molecule has 9 heteroatoms. The number of aldehydes is 1. The summed E-state index contributed by atoms with van der Waals surface area (Å²) in [4.78, 5) is 27.0. The van der Waals surface area contributed by atoms with E-state index in [1.54, 1.807) is 6.92 Å². The highest BCUT2D eigenvalue weighted by atomic mass is 32.1. The molecule has 1 aromatic heterocycles. The van der Waals surface area contributed by atoms with Gasteiger partial charge in [0.2, 0.25) is 6.35 Å². The van der Waals surface area contributed by atoms with E-state index in [2.05, 4.69) is 0 Å². The van der Waals surface area contributed by atoms with E-state index in [4.69, 9.17) is 0 Å². The first-order chi connectivity index (χ1) is 11.6. The van der Waals surface area contributed by atoms with Crippen molar-refractivity contribution in [2.75, 3.05) is 11.4 Å². The van der Waals surface area contributed by atoms with E-state index in [1.807, 2.05) is 6.92 Å². The second kappa shape index (κ2) is 5.98. The fraction of sp³-hybridized carbons (Fsp3) is 0.625. The Kier molecular flexibility index (Phi) is 4.35. The molecule has 138 valence electrons. The summed E-state index contributed by atoms with van der Waals surface area (Å²) in [6.07, 6.45) is -4.11. The number of halogens is 3. The van der Waals surface area contributed by atoms with Gasteiger partial charge in [0, 0.05) is 12.1 Å². The third kappa shape index (κ3) is 2.93. The minimum atomic E-state index is -4.38. The second-order valence-corrected chi connectivity index (χ2v) is 7.85. The summed E-state index contributed by atoms with van der Waals surface area (Å²) in [5.41, 5.74) is 0.102. The molecule has 0 aromatic carbocycles. The molecule has 1 N–H and O–H groups in total. The number of alkyl halides is 3. The maximum absolute atomic E-state index is 13.0. The van der Waals surface area contributed by atoms with Crippen LogP contribution in [0.25, 0.3) is 0 Å². The summed E-state index contributed by atoms with van der Waals surface area (Å²) in [5, 5.41) is 10.9. The number of aliphatic hydroxyl groups excluding tert-OH is 1. The summed E-state index contributed by atoms with van der Waals surface area (Å²) in [6, 6.07) is 0. The summed E-state index contributed by atoms with van der Waals surface area (Å²) in [5.74, 6) is -0.421. The van der Waals surface area contributed by atoms with Crippen LogP contribution < -0.4 is 4.90 Å². The van der Waals surface area contributed by atoms with E-state index < -0.39 is 36.9 Å². The van der Waals surface area contributed by atoms with Crippen molar-refractivity contribution in [2.24, 2.45) is 0 Å². The van der Waals surface area contributed by atoms with Crippen molar-refractivity contribution in [1.29, 1.82) is 0 Å². The highest BCUT2D eigenvalue weighted by Crippen LogP contribution is 2.47. The molecule has 1 fully saturated rings. The zero-order chi connectivity index (χ0) is 18.6. The van der Waals surface area contributed by atoms with Crippen molar-refractivity contribution < 1.29 is 27.9 Å². The fourth-order valence-electron chi connectivity index (χ4n) is 3.47. The normalized spacial score (nSPS) is 22.6. The van der Waals surface area contributed by atoms with Gasteiger partial charge in [-0.3, -0.25) is 14.5 Å². The van der Waals surface area contributed by atoms with Gasteiger partial charge >= 0.3 is 6.18 Å². The Bertz CT molecular complexity index is 712. The molecule has 3 rings (SSSR count). The number of amides is 1. The lowest BCUT2D eigenvalue weighted by Gasteiger charge is -2.53. The highest BCUT2D eigenvalue weighted by molar-refractivity contribution is 7.18. The van der Waals surface area contributed by atoms with Crippen LogP contribution in [0.2, 0.25) is 0 Å². The van der Waals surface area contributed by atoms with Crippen LogP contribution in [0.4, 0.5) is 18.2 Å². The van der Waals surface area contributed by atoms with Gasteiger partial charge in [-0.05, 0) is 38.7 Å². The highest BCUT2D eigenvalue weighted by Gasteiger charge is 2.50. The molecule has 5 nitrogen and oxygen atoms in total. The first kappa shape index (κ1) is 18.2. The number of carbonyl (C=O) groups is 2. The lowest BCUT2D eigenvalue weighted by atomic mass is 9.76. The fourth-order valence-corrected chi connectivity index (χ4v) is 4.63. The third-order valence-electron chi connectivity index (χ3n) is 5.12. The molecular weight excluding hydrogens is 357 g/mol. The number of carbonyl (C=O) groups excluding carboxylic acids is 2. The molecule has 0 spiro atoms. The van der Waals surface area contributed by atoms with Crippen LogP contribution in [0.1, 0.15) is 58.2 Å². The van der Waals surface area contributed by atoms with E-state index in [1.165, 1.54) is 9.80 Å². The van der Waals surface area contributed by atoms with Crippen molar-refractivity contribution >= 4 is 28.5 Å². The molecular formula is C16H19F3N2O3S. The molecule has 1 atom stereocenters. The van der Waals surface area contributed by atoms with Crippen LogP contribution in [-0.4, -0.2) is 46.8 Å². The zero-order valence-electron chi connectivity index (χ0n) is 13.9. The molecule has 1 aliphatic heterocycles. The minimum absolute atomic E-state index is 0.229. The average molecular weight is 376 g/mol. The Hall–Kier alpha value is -1.61. The van der Waals surface area contributed by atoms with Gasteiger partial charge in [0.25, 0.3) is 5.91 Å². The Balaban J connectivity index is 2.06. The standard InChI is InChI=1S/C16H19F3N2O3S/c1-9-10(8-22)25-13-11(9)12(23)21(15(2)4-3-5-15)14(24)20(13)7-6-16(17,18)19/h8,14,24H,3-7H2,1-2H3. The van der Waals surface area contributed by atoms with E-state index >= 15 is 0 Å². The number of hydrogen-bond donors (Lipinski definition) is 1. The van der Waals surface area contributed by atoms with Gasteiger partial charge in [0.05, 0.1) is 16.9 Å². The van der Waals surface area contributed by atoms with Crippen LogP contribution >= 0.6 is 11.3 Å². The molecule has 2 aliphatic rings. The van der Waals surface area contributed by atoms with E-state index in [0.717, 1.165) is 17.8 Å². The van der Waals surface area contributed by atoms with Gasteiger partial charge < -0.3 is 10.0 Å². The predicted molar refractivity (Wildman–Crippen MR) is 86.9 cm³/mol. The number of nitrogens with zero attached hydrogens (tertiary/aromatic N) is 2. The number of hydrogen-bond acceptors (Lipinski definition) is 5. The largest absolute Gasteiger partial charge is 0.390 e. The molecule has 0 radical (unpaired) electrons. The molecule has 2 heterocycles. The molecule has 0 bridgehead atoms. The van der Waals surface area contributed by atoms with Gasteiger partial charge in [0.1, 0.15) is 5.00 Å². The second-order valence-electron chi connectivity index (χ2n) is 6.82. The first-order valence-electron chi connectivity index (χ1n) is 8.03. The number of aliphatic hydroxyl groups is 1. The molecule has 25 heavy (non-hydrogen) atoms. The van der Waals surface area contributed by atoms with Crippen LogP contribution in [0.15, 0.2) is 0 Å². The summed E-state index contributed by atoms with van der Waals surface area (Å²) >= 11 is 0.949. The number of anilines is 1. The van der Waals surface area contributed by atoms with Gasteiger partial charge in [-0.1, -0.05) is 0 Å². The Morgan fingerprint density at radius 3 is 2.52 bits per heavy atom. The zero-order valence-corrected chi connectivity index (χ0v) is 14.7. The molecule has 1 saturated carbocycles. The van der Waals surface area contributed by atoms with Crippen LogP contribution in [0.5, 0.6) is 0 Å². The Morgan fingerprint density at radius 1 is 1.40 bits per heavy atom. The summed E-state index contributed by atoms with van der Waals surface area (Å²) in [7, 11) is 0. The van der Waals surface area contributed by atoms with E-state index in [9.17, 15) is 27.9 Å². The quantitative estimate of drug-likeness (QED) is 0.819. The first-order valence-corrected chi connectivity index (χ1v) is 8.84. The van der Waals surface area contributed by atoms with Crippen molar-refractivity contribution in [3.8, 4) is 0 Å². The van der Waals surface area contributed by atoms with Crippen LogP contribution in [0, 0.1) is 6.92 Å². The monoisotopic (exact) mass is 376 g/mol. The maximum Gasteiger partial charge on any atom is 0.390 e. The van der Waals surface area contributed by atoms with Gasteiger partial charge in [0.15, 0.2) is 6.29 Å². The van der Waals surface area contributed by atoms with Crippen molar-refractivity contribution in [3.05, 3.63) is 16.0 Å². The molecule has 1 aliphatic carbocycles. The summed E-state index contributed by atoms with van der Waals surface area (Å²) < 4.78 is 38.1. The smallest absolute Gasteiger partial charge is 0.356 e. The Labute approximate surface area is 147 Å². The third-order valence-corrected chi connectivity index (χ3v) is 6.38. The van der Waals surface area contributed by atoms with Gasteiger partial charge in [-0.15, -0.1) is 11.3 Å². The molecule has 1 amide bonds. The predicted octanol–water partition coefficient (Wildman–Crippen LogP) is 3.30. The maximum atomic E-state index is 13.0. The van der Waals surface area contributed by atoms with Gasteiger partial charge in [-0.2, -0.15) is 13.2 Å². The van der Waals surface area contributed by atoms with E-state index in [0.29, 0.717) is 29.6 Å². The van der Waals surface area contributed by atoms with Gasteiger partial charge in [-0.25, -0.2) is 0 Å². The SMILES string of the molecule is Cc1c(C=O)sc2c1C(=O)N(C1(C)CCC1)C(O)N2CCC(F)(F)F. The topological polar surface area (TPSA) is 60.9 Å². The molecule has 0 saturated heterocycles. The number of rotatable bonds is 4. The lowest BCUT2D eigenvalue weighted by Crippen LogP contribution is -2.65. The summed E-state index contributed by atoms with van der Waals surface area (Å²) in [6.45, 7) is 2.96. The average Bonchev–Trinajstić information content (AvgIpc) is 2.81. The van der Waals surface area contributed by atoms with Crippen LogP contribution in [0.3, 0.4) is 0 Å². The minimum Gasteiger partial charge on any atom is -0.356 e. The molecule has 1 unspecified atom stereocenters.